The second kappa shape index (κ2) is 6.98. The molecular formula is C17H17BrCl2. The van der Waals surface area contributed by atoms with Crippen LogP contribution in [0.5, 0.6) is 0 Å². The standard InChI is InChI=1S/C17H17BrCl2/c1-3-11-8-9-13(10-12(11)4-2)16(18)14-6-5-7-15(19)17(14)20/h5-10,16H,3-4H2,1-2H3. The van der Waals surface area contributed by atoms with Gasteiger partial charge < -0.3 is 0 Å². The van der Waals surface area contributed by atoms with E-state index in [4.69, 9.17) is 23.2 Å². The Labute approximate surface area is 139 Å². The number of alkyl halides is 1. The Morgan fingerprint density at radius 3 is 2.35 bits per heavy atom. The zero-order chi connectivity index (χ0) is 14.7. The SMILES string of the molecule is CCc1ccc(C(Br)c2cccc(Cl)c2Cl)cc1CC. The van der Waals surface area contributed by atoms with Crippen LogP contribution in [0.25, 0.3) is 0 Å². The Kier molecular flexibility index (Phi) is 5.54. The van der Waals surface area contributed by atoms with Gasteiger partial charge in [0, 0.05) is 0 Å². The summed E-state index contributed by atoms with van der Waals surface area (Å²) in [5.74, 6) is 0. The van der Waals surface area contributed by atoms with Crippen molar-refractivity contribution in [2.45, 2.75) is 31.5 Å². The van der Waals surface area contributed by atoms with E-state index in [1.54, 1.807) is 0 Å². The van der Waals surface area contributed by atoms with Crippen LogP contribution in [-0.4, -0.2) is 0 Å². The van der Waals surface area contributed by atoms with Crippen molar-refractivity contribution in [3.05, 3.63) is 68.7 Å². The largest absolute Gasteiger partial charge is 0.0827 e. The molecule has 1 atom stereocenters. The highest BCUT2D eigenvalue weighted by molar-refractivity contribution is 9.09. The summed E-state index contributed by atoms with van der Waals surface area (Å²) in [5, 5.41) is 1.21. The van der Waals surface area contributed by atoms with Gasteiger partial charge in [0.15, 0.2) is 0 Å². The average Bonchev–Trinajstić information content (AvgIpc) is 2.48. The third kappa shape index (κ3) is 3.21. The number of hydrogen-bond donors (Lipinski definition) is 0. The molecule has 0 aliphatic rings. The minimum Gasteiger partial charge on any atom is -0.0827 e. The summed E-state index contributed by atoms with van der Waals surface area (Å²) in [4.78, 5) is 0.0601. The summed E-state index contributed by atoms with van der Waals surface area (Å²) in [6, 6.07) is 12.4. The van der Waals surface area contributed by atoms with E-state index in [9.17, 15) is 0 Å². The van der Waals surface area contributed by atoms with Crippen LogP contribution in [0, 0.1) is 0 Å². The predicted octanol–water partition coefficient (Wildman–Crippen LogP) is 6.60. The highest BCUT2D eigenvalue weighted by atomic mass is 79.9. The van der Waals surface area contributed by atoms with Crippen LogP contribution in [0.4, 0.5) is 0 Å². The lowest BCUT2D eigenvalue weighted by molar-refractivity contribution is 1.02. The number of benzene rings is 2. The first-order valence-corrected chi connectivity index (χ1v) is 8.45. The molecule has 0 aromatic heterocycles. The van der Waals surface area contributed by atoms with Gasteiger partial charge in [-0.05, 0) is 41.2 Å². The normalized spacial score (nSPS) is 12.4. The highest BCUT2D eigenvalue weighted by Crippen LogP contribution is 2.38. The van der Waals surface area contributed by atoms with Crippen molar-refractivity contribution in [1.29, 1.82) is 0 Å². The fourth-order valence-corrected chi connectivity index (χ4v) is 3.59. The van der Waals surface area contributed by atoms with Crippen molar-refractivity contribution >= 4 is 39.1 Å². The van der Waals surface area contributed by atoms with Crippen molar-refractivity contribution in [3.63, 3.8) is 0 Å². The fraction of sp³-hybridized carbons (Fsp3) is 0.294. The summed E-state index contributed by atoms with van der Waals surface area (Å²) >= 11 is 16.2. The van der Waals surface area contributed by atoms with Gasteiger partial charge in [0.2, 0.25) is 0 Å². The van der Waals surface area contributed by atoms with E-state index in [-0.39, 0.29) is 4.83 Å². The zero-order valence-electron chi connectivity index (χ0n) is 11.6. The Morgan fingerprint density at radius 2 is 1.70 bits per heavy atom. The number of aryl methyl sites for hydroxylation is 2. The lowest BCUT2D eigenvalue weighted by Crippen LogP contribution is -1.98. The Morgan fingerprint density at radius 1 is 1.00 bits per heavy atom. The lowest BCUT2D eigenvalue weighted by atomic mass is 9.96. The summed E-state index contributed by atoms with van der Waals surface area (Å²) in [6.07, 6.45) is 2.11. The van der Waals surface area contributed by atoms with Crippen molar-refractivity contribution in [2.24, 2.45) is 0 Å². The van der Waals surface area contributed by atoms with Crippen LogP contribution >= 0.6 is 39.1 Å². The van der Waals surface area contributed by atoms with Crippen LogP contribution in [-0.2, 0) is 12.8 Å². The van der Waals surface area contributed by atoms with Gasteiger partial charge in [-0.3, -0.25) is 0 Å². The first kappa shape index (κ1) is 15.9. The van der Waals surface area contributed by atoms with Crippen molar-refractivity contribution in [2.75, 3.05) is 0 Å². The molecule has 2 rings (SSSR count). The van der Waals surface area contributed by atoms with Gasteiger partial charge >= 0.3 is 0 Å². The van der Waals surface area contributed by atoms with E-state index < -0.39 is 0 Å². The maximum absolute atomic E-state index is 6.31. The number of halogens is 3. The van der Waals surface area contributed by atoms with E-state index in [0.29, 0.717) is 10.0 Å². The van der Waals surface area contributed by atoms with Gasteiger partial charge in [-0.15, -0.1) is 0 Å². The molecule has 20 heavy (non-hydrogen) atoms. The van der Waals surface area contributed by atoms with Crippen LogP contribution in [0.15, 0.2) is 36.4 Å². The van der Waals surface area contributed by atoms with E-state index in [1.807, 2.05) is 18.2 Å². The highest BCUT2D eigenvalue weighted by Gasteiger charge is 2.16. The summed E-state index contributed by atoms with van der Waals surface area (Å²) in [5.41, 5.74) is 5.02. The Balaban J connectivity index is 2.43. The monoisotopic (exact) mass is 370 g/mol. The minimum atomic E-state index is 0.0601. The topological polar surface area (TPSA) is 0 Å². The van der Waals surface area contributed by atoms with Crippen LogP contribution in [0.2, 0.25) is 10.0 Å². The van der Waals surface area contributed by atoms with Gasteiger partial charge in [0.05, 0.1) is 14.9 Å². The van der Waals surface area contributed by atoms with E-state index >= 15 is 0 Å². The molecular weight excluding hydrogens is 355 g/mol. The molecule has 0 amide bonds. The molecule has 0 aliphatic carbocycles. The van der Waals surface area contributed by atoms with Crippen LogP contribution in [0.3, 0.4) is 0 Å². The first-order valence-electron chi connectivity index (χ1n) is 6.78. The summed E-state index contributed by atoms with van der Waals surface area (Å²) in [6.45, 7) is 4.38. The van der Waals surface area contributed by atoms with Crippen molar-refractivity contribution < 1.29 is 0 Å². The molecule has 2 aromatic carbocycles. The average molecular weight is 372 g/mol. The minimum absolute atomic E-state index is 0.0601. The van der Waals surface area contributed by atoms with Crippen LogP contribution < -0.4 is 0 Å². The van der Waals surface area contributed by atoms with Crippen LogP contribution in [0.1, 0.15) is 40.9 Å². The van der Waals surface area contributed by atoms with Gasteiger partial charge in [-0.25, -0.2) is 0 Å². The van der Waals surface area contributed by atoms with E-state index in [2.05, 4.69) is 48.0 Å². The molecule has 0 saturated carbocycles. The van der Waals surface area contributed by atoms with Gasteiger partial charge in [-0.2, -0.15) is 0 Å². The van der Waals surface area contributed by atoms with Gasteiger partial charge in [-0.1, -0.05) is 83.3 Å². The molecule has 3 heteroatoms. The Bertz CT molecular complexity index is 608. The molecule has 0 radical (unpaired) electrons. The fourth-order valence-electron chi connectivity index (χ4n) is 2.37. The van der Waals surface area contributed by atoms with Crippen molar-refractivity contribution in [1.82, 2.24) is 0 Å². The molecule has 0 spiro atoms. The maximum Gasteiger partial charge on any atom is 0.0659 e. The molecule has 1 unspecified atom stereocenters. The molecule has 0 N–H and O–H groups in total. The number of hydrogen-bond acceptors (Lipinski definition) is 0. The van der Waals surface area contributed by atoms with E-state index in [1.165, 1.54) is 16.7 Å². The quantitative estimate of drug-likeness (QED) is 0.531. The molecule has 106 valence electrons. The molecule has 0 fully saturated rings. The maximum atomic E-state index is 6.31. The summed E-state index contributed by atoms with van der Waals surface area (Å²) < 4.78 is 0. The van der Waals surface area contributed by atoms with Gasteiger partial charge in [0.25, 0.3) is 0 Å². The number of rotatable bonds is 4. The zero-order valence-corrected chi connectivity index (χ0v) is 14.7. The van der Waals surface area contributed by atoms with Gasteiger partial charge in [0.1, 0.15) is 0 Å². The molecule has 0 aliphatic heterocycles. The third-order valence-electron chi connectivity index (χ3n) is 3.54. The smallest absolute Gasteiger partial charge is 0.0659 e. The Hall–Kier alpha value is -0.500. The molecule has 2 aromatic rings. The lowest BCUT2D eigenvalue weighted by Gasteiger charge is -2.16. The molecule has 0 bridgehead atoms. The summed E-state index contributed by atoms with van der Waals surface area (Å²) in [7, 11) is 0. The predicted molar refractivity (Wildman–Crippen MR) is 92.4 cm³/mol. The molecule has 0 heterocycles. The van der Waals surface area contributed by atoms with E-state index in [0.717, 1.165) is 18.4 Å². The molecule has 0 saturated heterocycles. The second-order valence-electron chi connectivity index (χ2n) is 4.74. The molecule has 0 nitrogen and oxygen atoms in total. The second-order valence-corrected chi connectivity index (χ2v) is 6.44. The van der Waals surface area contributed by atoms with Crippen molar-refractivity contribution in [3.8, 4) is 0 Å². The first-order chi connectivity index (χ1) is 9.58. The third-order valence-corrected chi connectivity index (χ3v) is 5.39.